The normalized spacial score (nSPS) is 15.9. The third-order valence-electron chi connectivity index (χ3n) is 3.74. The molecule has 102 valence electrons. The molecule has 0 spiro atoms. The lowest BCUT2D eigenvalue weighted by atomic mass is 9.91. The van der Waals surface area contributed by atoms with Crippen molar-refractivity contribution in [2.75, 3.05) is 19.1 Å². The molecule has 1 aromatic rings. The number of fused-ring (bicyclic) bond motifs is 1. The topological polar surface area (TPSA) is 46.6 Å². The van der Waals surface area contributed by atoms with Gasteiger partial charge in [-0.3, -0.25) is 9.59 Å². The van der Waals surface area contributed by atoms with E-state index in [0.717, 1.165) is 23.2 Å². The van der Waals surface area contributed by atoms with Crippen LogP contribution in [0.1, 0.15) is 36.8 Å². The van der Waals surface area contributed by atoms with Gasteiger partial charge in [0.25, 0.3) is 0 Å². The zero-order valence-corrected chi connectivity index (χ0v) is 11.6. The number of carbonyl (C=O) groups excluding carboxylic acids is 2. The summed E-state index contributed by atoms with van der Waals surface area (Å²) in [6.45, 7) is 1.97. The van der Waals surface area contributed by atoms with Gasteiger partial charge in [0.1, 0.15) is 0 Å². The number of carbonyl (C=O) groups is 2. The third-order valence-corrected chi connectivity index (χ3v) is 3.74. The second-order valence-corrected chi connectivity index (χ2v) is 4.82. The van der Waals surface area contributed by atoms with Gasteiger partial charge < -0.3 is 9.64 Å². The molecule has 0 bridgehead atoms. The molecule has 1 amide bonds. The number of amides is 1. The van der Waals surface area contributed by atoms with Gasteiger partial charge in [-0.25, -0.2) is 0 Å². The van der Waals surface area contributed by atoms with E-state index in [4.69, 9.17) is 4.74 Å². The fourth-order valence-corrected chi connectivity index (χ4v) is 2.57. The number of ether oxygens (including phenoxy) is 1. The minimum atomic E-state index is -0.224. The maximum absolute atomic E-state index is 11.7. The van der Waals surface area contributed by atoms with Crippen LogP contribution in [-0.2, 0) is 20.7 Å². The highest BCUT2D eigenvalue weighted by Crippen LogP contribution is 2.31. The highest BCUT2D eigenvalue weighted by molar-refractivity contribution is 5.96. The van der Waals surface area contributed by atoms with Gasteiger partial charge in [-0.2, -0.15) is 0 Å². The first-order valence-corrected chi connectivity index (χ1v) is 6.55. The molecule has 0 saturated heterocycles. The lowest BCUT2D eigenvalue weighted by Crippen LogP contribution is -2.31. The largest absolute Gasteiger partial charge is 0.469 e. The Balaban J connectivity index is 2.36. The first-order chi connectivity index (χ1) is 9.08. The number of nitrogens with zero attached hydrogens (tertiary/aromatic N) is 1. The SMILES string of the molecule is CCC(C(=O)OC)c1ccc2c(c1)CCC(=O)N2C. The molecule has 0 aliphatic carbocycles. The minimum absolute atomic E-state index is 0.139. The highest BCUT2D eigenvalue weighted by atomic mass is 16.5. The molecule has 1 atom stereocenters. The molecule has 0 saturated carbocycles. The molecule has 0 radical (unpaired) electrons. The van der Waals surface area contributed by atoms with Crippen LogP contribution in [0.15, 0.2) is 18.2 Å². The second-order valence-electron chi connectivity index (χ2n) is 4.82. The molecule has 4 nitrogen and oxygen atoms in total. The fraction of sp³-hybridized carbons (Fsp3) is 0.467. The molecule has 1 aliphatic heterocycles. The van der Waals surface area contributed by atoms with Crippen LogP contribution in [0, 0.1) is 0 Å². The van der Waals surface area contributed by atoms with Crippen LogP contribution in [0.3, 0.4) is 0 Å². The maximum Gasteiger partial charge on any atom is 0.313 e. The van der Waals surface area contributed by atoms with E-state index >= 15 is 0 Å². The number of aryl methyl sites for hydroxylation is 1. The number of esters is 1. The van der Waals surface area contributed by atoms with Crippen LogP contribution in [-0.4, -0.2) is 26.0 Å². The molecule has 0 N–H and O–H groups in total. The van der Waals surface area contributed by atoms with Crippen molar-refractivity contribution in [2.45, 2.75) is 32.1 Å². The Kier molecular flexibility index (Phi) is 3.88. The molecule has 4 heteroatoms. The van der Waals surface area contributed by atoms with E-state index in [1.54, 1.807) is 11.9 Å². The number of anilines is 1. The van der Waals surface area contributed by atoms with Crippen molar-refractivity contribution >= 4 is 17.6 Å². The van der Waals surface area contributed by atoms with Crippen LogP contribution >= 0.6 is 0 Å². The Bertz CT molecular complexity index is 510. The maximum atomic E-state index is 11.7. The van der Waals surface area contributed by atoms with Crippen molar-refractivity contribution in [2.24, 2.45) is 0 Å². The summed E-state index contributed by atoms with van der Waals surface area (Å²) in [5, 5.41) is 0. The van der Waals surface area contributed by atoms with Crippen LogP contribution in [0.2, 0.25) is 0 Å². The Labute approximate surface area is 113 Å². The van der Waals surface area contributed by atoms with E-state index in [1.165, 1.54) is 7.11 Å². The molecule has 1 aliphatic rings. The number of rotatable bonds is 3. The average Bonchev–Trinajstić information content (AvgIpc) is 2.43. The average molecular weight is 261 g/mol. The number of hydrogen-bond acceptors (Lipinski definition) is 3. The lowest BCUT2D eigenvalue weighted by molar-refractivity contribution is -0.142. The van der Waals surface area contributed by atoms with Gasteiger partial charge in [0.05, 0.1) is 13.0 Å². The summed E-state index contributed by atoms with van der Waals surface area (Å²) >= 11 is 0. The van der Waals surface area contributed by atoms with Gasteiger partial charge in [0.15, 0.2) is 0 Å². The van der Waals surface area contributed by atoms with Crippen molar-refractivity contribution < 1.29 is 14.3 Å². The summed E-state index contributed by atoms with van der Waals surface area (Å²) < 4.78 is 4.84. The first-order valence-electron chi connectivity index (χ1n) is 6.55. The number of methoxy groups -OCH3 is 1. The minimum Gasteiger partial charge on any atom is -0.469 e. The van der Waals surface area contributed by atoms with Gasteiger partial charge in [-0.1, -0.05) is 19.1 Å². The monoisotopic (exact) mass is 261 g/mol. The molecule has 0 fully saturated rings. The Morgan fingerprint density at radius 2 is 2.16 bits per heavy atom. The Morgan fingerprint density at radius 3 is 2.79 bits per heavy atom. The fourth-order valence-electron chi connectivity index (χ4n) is 2.57. The van der Waals surface area contributed by atoms with Gasteiger partial charge in [-0.15, -0.1) is 0 Å². The quantitative estimate of drug-likeness (QED) is 0.784. The van der Waals surface area contributed by atoms with Crippen LogP contribution in [0.4, 0.5) is 5.69 Å². The molecule has 1 unspecified atom stereocenters. The lowest BCUT2D eigenvalue weighted by Gasteiger charge is -2.27. The number of benzene rings is 1. The predicted octanol–water partition coefficient (Wildman–Crippen LogP) is 2.26. The summed E-state index contributed by atoms with van der Waals surface area (Å²) in [5.41, 5.74) is 3.04. The van der Waals surface area contributed by atoms with Crippen LogP contribution < -0.4 is 4.90 Å². The summed E-state index contributed by atoms with van der Waals surface area (Å²) in [7, 11) is 3.20. The smallest absolute Gasteiger partial charge is 0.313 e. The van der Waals surface area contributed by atoms with Crippen LogP contribution in [0.25, 0.3) is 0 Å². The van der Waals surface area contributed by atoms with Gasteiger partial charge in [0, 0.05) is 19.2 Å². The van der Waals surface area contributed by atoms with Crippen molar-refractivity contribution in [3.63, 3.8) is 0 Å². The van der Waals surface area contributed by atoms with Gasteiger partial charge in [-0.05, 0) is 30.0 Å². The molecule has 2 rings (SSSR count). The van der Waals surface area contributed by atoms with Crippen LogP contribution in [0.5, 0.6) is 0 Å². The standard InChI is InChI=1S/C15H19NO3/c1-4-12(15(18)19-3)10-5-7-13-11(9-10)6-8-14(17)16(13)2/h5,7,9,12H,4,6,8H2,1-3H3. The molecule has 1 aromatic carbocycles. The summed E-state index contributed by atoms with van der Waals surface area (Å²) in [6, 6.07) is 5.87. The van der Waals surface area contributed by atoms with Crippen molar-refractivity contribution in [3.8, 4) is 0 Å². The zero-order valence-electron chi connectivity index (χ0n) is 11.6. The molecule has 1 heterocycles. The molecular formula is C15H19NO3. The summed E-state index contributed by atoms with van der Waals surface area (Å²) in [5.74, 6) is -0.291. The van der Waals surface area contributed by atoms with E-state index < -0.39 is 0 Å². The van der Waals surface area contributed by atoms with Crippen molar-refractivity contribution in [1.82, 2.24) is 0 Å². The third kappa shape index (κ3) is 2.48. The second kappa shape index (κ2) is 5.43. The van der Waals surface area contributed by atoms with Gasteiger partial charge >= 0.3 is 5.97 Å². The predicted molar refractivity (Wildman–Crippen MR) is 73.2 cm³/mol. The summed E-state index contributed by atoms with van der Waals surface area (Å²) in [6.07, 6.45) is 1.98. The highest BCUT2D eigenvalue weighted by Gasteiger charge is 2.24. The molecule has 19 heavy (non-hydrogen) atoms. The zero-order chi connectivity index (χ0) is 14.0. The van der Waals surface area contributed by atoms with Crippen molar-refractivity contribution in [1.29, 1.82) is 0 Å². The number of hydrogen-bond donors (Lipinski definition) is 0. The van der Waals surface area contributed by atoms with E-state index in [-0.39, 0.29) is 17.8 Å². The van der Waals surface area contributed by atoms with E-state index in [9.17, 15) is 9.59 Å². The van der Waals surface area contributed by atoms with E-state index in [2.05, 4.69) is 0 Å². The van der Waals surface area contributed by atoms with Crippen molar-refractivity contribution in [3.05, 3.63) is 29.3 Å². The molecule has 0 aromatic heterocycles. The molecular weight excluding hydrogens is 242 g/mol. The first kappa shape index (κ1) is 13.6. The summed E-state index contributed by atoms with van der Waals surface area (Å²) in [4.78, 5) is 25.1. The Morgan fingerprint density at radius 1 is 1.42 bits per heavy atom. The van der Waals surface area contributed by atoms with E-state index in [0.29, 0.717) is 12.8 Å². The van der Waals surface area contributed by atoms with E-state index in [1.807, 2.05) is 25.1 Å². The Hall–Kier alpha value is -1.84. The van der Waals surface area contributed by atoms with Gasteiger partial charge in [0.2, 0.25) is 5.91 Å².